The Balaban J connectivity index is 2.31. The van der Waals surface area contributed by atoms with Crippen LogP contribution in [0.5, 0.6) is 11.6 Å². The zero-order valence-corrected chi connectivity index (χ0v) is 8.75. The van der Waals surface area contributed by atoms with Gasteiger partial charge in [-0.2, -0.15) is 0 Å². The average molecular weight is 214 g/mol. The third-order valence-electron chi connectivity index (χ3n) is 2.04. The molecule has 0 unspecified atom stereocenters. The number of hydrogen-bond donors (Lipinski definition) is 0. The molecule has 0 radical (unpaired) electrons. The summed E-state index contributed by atoms with van der Waals surface area (Å²) in [6.45, 7) is 1.50. The number of para-hydroxylation sites is 1. The van der Waals surface area contributed by atoms with Gasteiger partial charge in [0.05, 0.1) is 5.56 Å². The van der Waals surface area contributed by atoms with Crippen LogP contribution in [0, 0.1) is 0 Å². The summed E-state index contributed by atoms with van der Waals surface area (Å²) in [6.07, 6.45) is 2.98. The highest BCUT2D eigenvalue weighted by molar-refractivity contribution is 5.96. The zero-order chi connectivity index (χ0) is 11.4. The van der Waals surface area contributed by atoms with E-state index in [1.807, 2.05) is 6.07 Å². The molecule has 0 fully saturated rings. The normalized spacial score (nSPS) is 9.81. The van der Waals surface area contributed by atoms with Crippen LogP contribution < -0.4 is 4.74 Å². The van der Waals surface area contributed by atoms with Crippen molar-refractivity contribution in [3.8, 4) is 11.6 Å². The first-order chi connectivity index (χ1) is 7.77. The minimum atomic E-state index is -0.0374. The molecule has 2 aromatic rings. The molecule has 0 atom stereocenters. The van der Waals surface area contributed by atoms with Crippen molar-refractivity contribution in [2.75, 3.05) is 0 Å². The van der Waals surface area contributed by atoms with Crippen LogP contribution in [0.2, 0.25) is 0 Å². The standard InChI is InChI=1S/C12H10N2O2/c1-9(15)10-4-2-3-5-11(10)16-12-6-7-13-8-14-12/h2-8H,1H3. The van der Waals surface area contributed by atoms with Gasteiger partial charge >= 0.3 is 0 Å². The fraction of sp³-hybridized carbons (Fsp3) is 0.0833. The molecule has 0 aliphatic heterocycles. The van der Waals surface area contributed by atoms with Crippen molar-refractivity contribution in [3.05, 3.63) is 48.4 Å². The summed E-state index contributed by atoms with van der Waals surface area (Å²) in [5.41, 5.74) is 0.543. The van der Waals surface area contributed by atoms with Gasteiger partial charge in [0, 0.05) is 12.3 Å². The van der Waals surface area contributed by atoms with E-state index in [4.69, 9.17) is 4.74 Å². The third-order valence-corrected chi connectivity index (χ3v) is 2.04. The van der Waals surface area contributed by atoms with Gasteiger partial charge in [0.2, 0.25) is 5.88 Å². The number of Topliss-reactive ketones (excluding diaryl/α,β-unsaturated/α-hetero) is 1. The van der Waals surface area contributed by atoms with E-state index in [0.717, 1.165) is 0 Å². The van der Waals surface area contributed by atoms with Gasteiger partial charge in [-0.15, -0.1) is 0 Å². The van der Waals surface area contributed by atoms with Gasteiger partial charge in [0.1, 0.15) is 12.1 Å². The first-order valence-corrected chi connectivity index (χ1v) is 4.81. The van der Waals surface area contributed by atoms with E-state index in [1.54, 1.807) is 30.5 Å². The Morgan fingerprint density at radius 1 is 1.25 bits per heavy atom. The maximum absolute atomic E-state index is 11.3. The fourth-order valence-corrected chi connectivity index (χ4v) is 1.30. The summed E-state index contributed by atoms with van der Waals surface area (Å²) in [5, 5.41) is 0. The van der Waals surface area contributed by atoms with Crippen molar-refractivity contribution in [3.63, 3.8) is 0 Å². The van der Waals surface area contributed by atoms with Gasteiger partial charge in [-0.3, -0.25) is 4.79 Å². The number of rotatable bonds is 3. The zero-order valence-electron chi connectivity index (χ0n) is 8.75. The minimum absolute atomic E-state index is 0.0374. The van der Waals surface area contributed by atoms with E-state index < -0.39 is 0 Å². The van der Waals surface area contributed by atoms with E-state index in [9.17, 15) is 4.79 Å². The topological polar surface area (TPSA) is 52.1 Å². The Bertz CT molecular complexity index is 497. The first-order valence-electron chi connectivity index (χ1n) is 4.81. The molecule has 1 aromatic carbocycles. The number of aromatic nitrogens is 2. The van der Waals surface area contributed by atoms with Crippen LogP contribution in [0.3, 0.4) is 0 Å². The van der Waals surface area contributed by atoms with Gasteiger partial charge in [0.25, 0.3) is 0 Å². The number of ketones is 1. The molecule has 4 heteroatoms. The number of carbonyl (C=O) groups excluding carboxylic acids is 1. The number of benzene rings is 1. The molecule has 0 saturated heterocycles. The average Bonchev–Trinajstić information content (AvgIpc) is 2.31. The number of nitrogens with zero attached hydrogens (tertiary/aromatic N) is 2. The van der Waals surface area contributed by atoms with Gasteiger partial charge in [-0.25, -0.2) is 9.97 Å². The lowest BCUT2D eigenvalue weighted by Crippen LogP contribution is -1.97. The molecule has 0 aliphatic carbocycles. The Morgan fingerprint density at radius 2 is 2.06 bits per heavy atom. The van der Waals surface area contributed by atoms with E-state index in [0.29, 0.717) is 17.2 Å². The molecule has 0 bridgehead atoms. The lowest BCUT2D eigenvalue weighted by Gasteiger charge is -2.07. The largest absolute Gasteiger partial charge is 0.438 e. The van der Waals surface area contributed by atoms with Crippen molar-refractivity contribution in [2.24, 2.45) is 0 Å². The Morgan fingerprint density at radius 3 is 2.75 bits per heavy atom. The molecule has 0 amide bonds. The molecule has 0 aliphatic rings. The molecule has 0 spiro atoms. The fourth-order valence-electron chi connectivity index (χ4n) is 1.30. The van der Waals surface area contributed by atoms with Gasteiger partial charge in [-0.1, -0.05) is 12.1 Å². The highest BCUT2D eigenvalue weighted by Crippen LogP contribution is 2.23. The van der Waals surface area contributed by atoms with Gasteiger partial charge in [0.15, 0.2) is 5.78 Å². The number of hydrogen-bond acceptors (Lipinski definition) is 4. The lowest BCUT2D eigenvalue weighted by atomic mass is 10.1. The predicted octanol–water partition coefficient (Wildman–Crippen LogP) is 2.47. The summed E-state index contributed by atoms with van der Waals surface area (Å²) in [6, 6.07) is 8.70. The third kappa shape index (κ3) is 2.23. The minimum Gasteiger partial charge on any atom is -0.438 e. The quantitative estimate of drug-likeness (QED) is 0.736. The molecule has 4 nitrogen and oxygen atoms in total. The van der Waals surface area contributed by atoms with Crippen molar-refractivity contribution >= 4 is 5.78 Å². The first kappa shape index (κ1) is 10.3. The van der Waals surface area contributed by atoms with Crippen molar-refractivity contribution in [2.45, 2.75) is 6.92 Å². The van der Waals surface area contributed by atoms with Gasteiger partial charge < -0.3 is 4.74 Å². The maximum Gasteiger partial charge on any atom is 0.222 e. The second-order valence-electron chi connectivity index (χ2n) is 3.20. The lowest BCUT2D eigenvalue weighted by molar-refractivity contribution is 0.101. The highest BCUT2D eigenvalue weighted by atomic mass is 16.5. The van der Waals surface area contributed by atoms with Crippen molar-refractivity contribution < 1.29 is 9.53 Å². The van der Waals surface area contributed by atoms with Crippen molar-refractivity contribution in [1.29, 1.82) is 0 Å². The van der Waals surface area contributed by atoms with Crippen molar-refractivity contribution in [1.82, 2.24) is 9.97 Å². The molecule has 2 rings (SSSR count). The molecular formula is C12H10N2O2. The van der Waals surface area contributed by atoms with E-state index in [-0.39, 0.29) is 5.78 Å². The molecule has 0 saturated carbocycles. The van der Waals surface area contributed by atoms with E-state index in [1.165, 1.54) is 13.3 Å². The van der Waals surface area contributed by atoms with Crippen LogP contribution in [0.1, 0.15) is 17.3 Å². The summed E-state index contributed by atoms with van der Waals surface area (Å²) < 4.78 is 5.50. The molecule has 1 aromatic heterocycles. The Hall–Kier alpha value is -2.23. The van der Waals surface area contributed by atoms with Gasteiger partial charge in [-0.05, 0) is 19.1 Å². The van der Waals surface area contributed by atoms with Crippen LogP contribution in [-0.2, 0) is 0 Å². The Labute approximate surface area is 92.9 Å². The summed E-state index contributed by atoms with van der Waals surface area (Å²) in [7, 11) is 0. The van der Waals surface area contributed by atoms with Crippen LogP contribution in [0.4, 0.5) is 0 Å². The smallest absolute Gasteiger partial charge is 0.222 e. The molecule has 0 N–H and O–H groups in total. The summed E-state index contributed by atoms with van der Waals surface area (Å²) in [5.74, 6) is 0.891. The molecule has 80 valence electrons. The molecule has 1 heterocycles. The van der Waals surface area contributed by atoms with E-state index in [2.05, 4.69) is 9.97 Å². The second-order valence-corrected chi connectivity index (χ2v) is 3.20. The predicted molar refractivity (Wildman–Crippen MR) is 58.6 cm³/mol. The van der Waals surface area contributed by atoms with Crippen LogP contribution >= 0.6 is 0 Å². The molecule has 16 heavy (non-hydrogen) atoms. The SMILES string of the molecule is CC(=O)c1ccccc1Oc1ccncn1. The summed E-state index contributed by atoms with van der Waals surface area (Å²) >= 11 is 0. The van der Waals surface area contributed by atoms with E-state index >= 15 is 0 Å². The summed E-state index contributed by atoms with van der Waals surface area (Å²) in [4.78, 5) is 19.1. The monoisotopic (exact) mass is 214 g/mol. The highest BCUT2D eigenvalue weighted by Gasteiger charge is 2.08. The molecular weight excluding hydrogens is 204 g/mol. The number of ether oxygens (including phenoxy) is 1. The second kappa shape index (κ2) is 4.53. The maximum atomic E-state index is 11.3. The van der Waals surface area contributed by atoms with Crippen LogP contribution in [0.25, 0.3) is 0 Å². The van der Waals surface area contributed by atoms with Crippen LogP contribution in [-0.4, -0.2) is 15.8 Å². The van der Waals surface area contributed by atoms with Crippen LogP contribution in [0.15, 0.2) is 42.9 Å². The number of carbonyl (C=O) groups is 1. The Kier molecular flexibility index (Phi) is 2.91.